The number of rotatable bonds is 1. The molecule has 1 saturated heterocycles. The Morgan fingerprint density at radius 1 is 1.60 bits per heavy atom. The third kappa shape index (κ3) is 1.70. The topological polar surface area (TPSA) is 24.1 Å². The third-order valence-corrected chi connectivity index (χ3v) is 2.34. The fourth-order valence-corrected chi connectivity index (χ4v) is 1.49. The van der Waals surface area contributed by atoms with Crippen LogP contribution in [0.25, 0.3) is 0 Å². The fourth-order valence-electron chi connectivity index (χ4n) is 1.49. The van der Waals surface area contributed by atoms with Gasteiger partial charge in [0.25, 0.3) is 0 Å². The van der Waals surface area contributed by atoms with Gasteiger partial charge in [0.2, 0.25) is 0 Å². The standard InChI is InChI=1S/C8H18N2/c1-4-8(3)6-9-5-7(2)10-8/h7,9-10H,4-6H2,1-3H3/t7-,8+/m0/s1. The molecule has 10 heavy (non-hydrogen) atoms. The predicted molar refractivity (Wildman–Crippen MR) is 44.2 cm³/mol. The Bertz CT molecular complexity index is 114. The zero-order valence-corrected chi connectivity index (χ0v) is 7.20. The zero-order valence-electron chi connectivity index (χ0n) is 7.20. The molecule has 2 nitrogen and oxygen atoms in total. The Morgan fingerprint density at radius 2 is 2.30 bits per heavy atom. The van der Waals surface area contributed by atoms with Crippen molar-refractivity contribution in [2.45, 2.75) is 38.8 Å². The van der Waals surface area contributed by atoms with Crippen LogP contribution in [0.5, 0.6) is 0 Å². The average molecular weight is 142 g/mol. The van der Waals surface area contributed by atoms with Crippen LogP contribution in [0.3, 0.4) is 0 Å². The average Bonchev–Trinajstić information content (AvgIpc) is 1.88. The molecule has 0 saturated carbocycles. The molecular formula is C8H18N2. The van der Waals surface area contributed by atoms with Crippen molar-refractivity contribution in [1.29, 1.82) is 0 Å². The molecule has 0 unspecified atom stereocenters. The summed E-state index contributed by atoms with van der Waals surface area (Å²) < 4.78 is 0. The summed E-state index contributed by atoms with van der Waals surface area (Å²) in [5.41, 5.74) is 0.331. The van der Waals surface area contributed by atoms with Gasteiger partial charge in [-0.15, -0.1) is 0 Å². The maximum atomic E-state index is 3.58. The maximum absolute atomic E-state index is 3.58. The molecule has 2 heteroatoms. The van der Waals surface area contributed by atoms with Crippen LogP contribution in [0, 0.1) is 0 Å². The first-order valence-corrected chi connectivity index (χ1v) is 4.15. The number of nitrogens with one attached hydrogen (secondary N) is 2. The van der Waals surface area contributed by atoms with E-state index in [1.165, 1.54) is 6.42 Å². The highest BCUT2D eigenvalue weighted by Gasteiger charge is 2.26. The van der Waals surface area contributed by atoms with E-state index in [1.807, 2.05) is 0 Å². The van der Waals surface area contributed by atoms with E-state index < -0.39 is 0 Å². The largest absolute Gasteiger partial charge is 0.313 e. The molecule has 0 amide bonds. The minimum atomic E-state index is 0.331. The molecule has 1 rings (SSSR count). The smallest absolute Gasteiger partial charge is 0.0278 e. The molecule has 1 heterocycles. The highest BCUT2D eigenvalue weighted by molar-refractivity contribution is 4.91. The molecule has 0 aromatic carbocycles. The summed E-state index contributed by atoms with van der Waals surface area (Å²) in [5, 5.41) is 6.99. The molecule has 2 atom stereocenters. The summed E-state index contributed by atoms with van der Waals surface area (Å²) >= 11 is 0. The molecule has 2 N–H and O–H groups in total. The Balaban J connectivity index is 2.45. The van der Waals surface area contributed by atoms with Gasteiger partial charge in [-0.2, -0.15) is 0 Å². The first-order valence-electron chi connectivity index (χ1n) is 4.15. The van der Waals surface area contributed by atoms with Crippen LogP contribution < -0.4 is 10.6 Å². The van der Waals surface area contributed by atoms with Gasteiger partial charge in [-0.05, 0) is 20.3 Å². The quantitative estimate of drug-likeness (QED) is 0.564. The first-order chi connectivity index (χ1) is 4.66. The first kappa shape index (κ1) is 8.02. The van der Waals surface area contributed by atoms with Crippen molar-refractivity contribution in [3.63, 3.8) is 0 Å². The molecule has 0 bridgehead atoms. The normalized spacial score (nSPS) is 41.7. The van der Waals surface area contributed by atoms with Crippen LogP contribution in [0.15, 0.2) is 0 Å². The number of hydrogen-bond acceptors (Lipinski definition) is 2. The second-order valence-electron chi connectivity index (χ2n) is 3.59. The summed E-state index contributed by atoms with van der Waals surface area (Å²) in [4.78, 5) is 0. The number of hydrogen-bond donors (Lipinski definition) is 2. The van der Waals surface area contributed by atoms with Crippen molar-refractivity contribution < 1.29 is 0 Å². The molecule has 0 aromatic rings. The van der Waals surface area contributed by atoms with Crippen LogP contribution in [0.1, 0.15) is 27.2 Å². The highest BCUT2D eigenvalue weighted by atomic mass is 15.1. The van der Waals surface area contributed by atoms with Gasteiger partial charge in [0.15, 0.2) is 0 Å². The second kappa shape index (κ2) is 2.89. The lowest BCUT2D eigenvalue weighted by Gasteiger charge is -2.38. The van der Waals surface area contributed by atoms with Crippen LogP contribution in [-0.2, 0) is 0 Å². The maximum Gasteiger partial charge on any atom is 0.0278 e. The SMILES string of the molecule is CC[C@]1(C)CNC[C@H](C)N1. The van der Waals surface area contributed by atoms with Gasteiger partial charge in [-0.1, -0.05) is 6.92 Å². The molecular weight excluding hydrogens is 124 g/mol. The van der Waals surface area contributed by atoms with E-state index in [0.717, 1.165) is 13.1 Å². The highest BCUT2D eigenvalue weighted by Crippen LogP contribution is 2.11. The van der Waals surface area contributed by atoms with E-state index in [9.17, 15) is 0 Å². The van der Waals surface area contributed by atoms with Crippen LogP contribution in [0.4, 0.5) is 0 Å². The molecule has 60 valence electrons. The monoisotopic (exact) mass is 142 g/mol. The third-order valence-electron chi connectivity index (χ3n) is 2.34. The lowest BCUT2D eigenvalue weighted by molar-refractivity contribution is 0.245. The predicted octanol–water partition coefficient (Wildman–Crippen LogP) is 0.736. The van der Waals surface area contributed by atoms with E-state index in [2.05, 4.69) is 31.4 Å². The van der Waals surface area contributed by atoms with Gasteiger partial charge in [-0.25, -0.2) is 0 Å². The van der Waals surface area contributed by atoms with Crippen molar-refractivity contribution >= 4 is 0 Å². The second-order valence-corrected chi connectivity index (χ2v) is 3.59. The van der Waals surface area contributed by atoms with E-state index in [0.29, 0.717) is 11.6 Å². The van der Waals surface area contributed by atoms with Gasteiger partial charge in [0.05, 0.1) is 0 Å². The van der Waals surface area contributed by atoms with Crippen molar-refractivity contribution in [2.75, 3.05) is 13.1 Å². The molecule has 0 spiro atoms. The Labute approximate surface area is 63.4 Å². The van der Waals surface area contributed by atoms with Crippen molar-refractivity contribution in [1.82, 2.24) is 10.6 Å². The van der Waals surface area contributed by atoms with E-state index in [-0.39, 0.29) is 0 Å². The summed E-state index contributed by atoms with van der Waals surface area (Å²) in [6.45, 7) is 8.94. The summed E-state index contributed by atoms with van der Waals surface area (Å²) in [6, 6.07) is 0.624. The van der Waals surface area contributed by atoms with E-state index in [1.54, 1.807) is 0 Å². The Kier molecular flexibility index (Phi) is 2.32. The van der Waals surface area contributed by atoms with Crippen LogP contribution >= 0.6 is 0 Å². The molecule has 0 radical (unpaired) electrons. The van der Waals surface area contributed by atoms with Gasteiger partial charge >= 0.3 is 0 Å². The van der Waals surface area contributed by atoms with Gasteiger partial charge in [0, 0.05) is 24.7 Å². The van der Waals surface area contributed by atoms with Crippen molar-refractivity contribution in [2.24, 2.45) is 0 Å². The van der Waals surface area contributed by atoms with Gasteiger partial charge in [-0.3, -0.25) is 0 Å². The van der Waals surface area contributed by atoms with E-state index >= 15 is 0 Å². The van der Waals surface area contributed by atoms with Crippen LogP contribution in [0.2, 0.25) is 0 Å². The fraction of sp³-hybridized carbons (Fsp3) is 1.00. The van der Waals surface area contributed by atoms with Crippen molar-refractivity contribution in [3.05, 3.63) is 0 Å². The number of piperazine rings is 1. The minimum absolute atomic E-state index is 0.331. The molecule has 1 fully saturated rings. The van der Waals surface area contributed by atoms with Gasteiger partial charge < -0.3 is 10.6 Å². The summed E-state index contributed by atoms with van der Waals surface area (Å²) in [5.74, 6) is 0. The Morgan fingerprint density at radius 3 is 2.70 bits per heavy atom. The molecule has 1 aliphatic heterocycles. The Hall–Kier alpha value is -0.0800. The van der Waals surface area contributed by atoms with E-state index in [4.69, 9.17) is 0 Å². The minimum Gasteiger partial charge on any atom is -0.313 e. The van der Waals surface area contributed by atoms with Crippen molar-refractivity contribution in [3.8, 4) is 0 Å². The molecule has 1 aliphatic rings. The van der Waals surface area contributed by atoms with Gasteiger partial charge in [0.1, 0.15) is 0 Å². The molecule has 0 aromatic heterocycles. The molecule has 0 aliphatic carbocycles. The lowest BCUT2D eigenvalue weighted by atomic mass is 9.95. The zero-order chi connectivity index (χ0) is 7.61. The summed E-state index contributed by atoms with van der Waals surface area (Å²) in [6.07, 6.45) is 1.20. The van der Waals surface area contributed by atoms with Crippen LogP contribution in [-0.4, -0.2) is 24.7 Å². The summed E-state index contributed by atoms with van der Waals surface area (Å²) in [7, 11) is 0. The lowest BCUT2D eigenvalue weighted by Crippen LogP contribution is -2.60.